The molecule has 3 aromatic rings. The number of hydrogen-bond acceptors (Lipinski definition) is 3. The van der Waals surface area contributed by atoms with E-state index in [0.717, 1.165) is 25.0 Å². The highest BCUT2D eigenvalue weighted by molar-refractivity contribution is 7.85. The molecule has 0 bridgehead atoms. The third-order valence-electron chi connectivity index (χ3n) is 3.97. The largest absolute Gasteiger partial charge is 0.744 e. The molecule has 3 rings (SSSR count). The Morgan fingerprint density at radius 1 is 0.786 bits per heavy atom. The molecule has 148 valence electrons. The van der Waals surface area contributed by atoms with Gasteiger partial charge in [-0.25, -0.2) is 12.8 Å². The summed E-state index contributed by atoms with van der Waals surface area (Å²) in [5, 5.41) is 0. The number of halogens is 2. The van der Waals surface area contributed by atoms with Crippen LogP contribution in [0.5, 0.6) is 0 Å². The third-order valence-corrected chi connectivity index (χ3v) is 7.52. The molecular weight excluding hydrogens is 490 g/mol. The van der Waals surface area contributed by atoms with Crippen LogP contribution in [0.1, 0.15) is 25.0 Å². The number of rotatable bonds is 5. The normalized spacial score (nSPS) is 10.9. The minimum absolute atomic E-state index is 0.00746. The lowest BCUT2D eigenvalue weighted by Crippen LogP contribution is -3.61. The molecule has 0 aromatic heterocycles. The molecule has 3 aromatic carbocycles. The lowest BCUT2D eigenvalue weighted by molar-refractivity contribution is -0.597. The maximum Gasteiger partial charge on any atom is 0.357 e. The van der Waals surface area contributed by atoms with E-state index in [-0.39, 0.29) is 21.2 Å². The van der Waals surface area contributed by atoms with Crippen molar-refractivity contribution in [1.29, 1.82) is 0 Å². The van der Waals surface area contributed by atoms with Gasteiger partial charge in [0.1, 0.15) is 15.9 Å². The summed E-state index contributed by atoms with van der Waals surface area (Å²) in [4.78, 5) is -0.806. The summed E-state index contributed by atoms with van der Waals surface area (Å²) in [7, 11) is -4.66. The van der Waals surface area contributed by atoms with Gasteiger partial charge in [-0.15, -0.1) is 0 Å². The Balaban J connectivity index is 0.000000221. The van der Waals surface area contributed by atoms with Crippen LogP contribution in [-0.2, 0) is 23.0 Å². The van der Waals surface area contributed by atoms with Crippen LogP contribution in [0.25, 0.3) is 0 Å². The molecule has 0 saturated carbocycles. The second kappa shape index (κ2) is 10.7. The first-order chi connectivity index (χ1) is 13.3. The van der Waals surface area contributed by atoms with E-state index in [9.17, 15) is 17.4 Å². The lowest BCUT2D eigenvalue weighted by atomic mass is 10.2. The van der Waals surface area contributed by atoms with E-state index in [4.69, 9.17) is 0 Å². The van der Waals surface area contributed by atoms with Gasteiger partial charge in [0, 0.05) is 0 Å². The van der Waals surface area contributed by atoms with E-state index in [1.807, 2.05) is 0 Å². The van der Waals surface area contributed by atoms with Crippen LogP contribution in [0.2, 0.25) is 0 Å². The highest BCUT2D eigenvalue weighted by Crippen LogP contribution is 2.11. The van der Waals surface area contributed by atoms with Gasteiger partial charge in [0.2, 0.25) is 0 Å². The van der Waals surface area contributed by atoms with Crippen molar-refractivity contribution in [2.24, 2.45) is 0 Å². The van der Waals surface area contributed by atoms with Crippen molar-refractivity contribution in [2.75, 3.05) is 0 Å². The minimum Gasteiger partial charge on any atom is -0.744 e. The second-order valence-electron chi connectivity index (χ2n) is 5.94. The first-order valence-electron chi connectivity index (χ1n) is 8.86. The molecule has 0 aliphatic heterocycles. The maximum atomic E-state index is 12.5. The predicted molar refractivity (Wildman–Crippen MR) is 103 cm³/mol. The molecule has 28 heavy (non-hydrogen) atoms. The van der Waals surface area contributed by atoms with Gasteiger partial charge < -0.3 is 4.55 Å². The van der Waals surface area contributed by atoms with E-state index >= 15 is 0 Å². The fourth-order valence-electron chi connectivity index (χ4n) is 2.34. The Morgan fingerprint density at radius 3 is 1.54 bits per heavy atom. The molecule has 0 radical (unpaired) electrons. The van der Waals surface area contributed by atoms with Crippen molar-refractivity contribution >= 4 is 10.1 Å². The molecule has 0 saturated heterocycles. The monoisotopic (exact) mass is 512 g/mol. The first-order valence-corrected chi connectivity index (χ1v) is 12.4. The molecule has 0 spiro atoms. The smallest absolute Gasteiger partial charge is 0.357 e. The van der Waals surface area contributed by atoms with Gasteiger partial charge in [0.25, 0.3) is 0 Å². The Bertz CT molecular complexity index is 940. The zero-order valence-electron chi connectivity index (χ0n) is 15.7. The molecule has 0 heterocycles. The lowest BCUT2D eigenvalue weighted by Gasteiger charge is -2.06. The first kappa shape index (κ1) is 22.5. The number of benzene rings is 3. The highest BCUT2D eigenvalue weighted by atomic mass is 127. The highest BCUT2D eigenvalue weighted by Gasteiger charge is 2.14. The van der Waals surface area contributed by atoms with Crippen molar-refractivity contribution in [3.63, 3.8) is 0 Å². The Kier molecular flexibility index (Phi) is 8.59. The van der Waals surface area contributed by atoms with E-state index < -0.39 is 20.8 Å². The summed E-state index contributed by atoms with van der Waals surface area (Å²) in [6, 6.07) is 22.6. The van der Waals surface area contributed by atoms with Gasteiger partial charge in [0.05, 0.1) is 4.90 Å². The van der Waals surface area contributed by atoms with Crippen LogP contribution in [0.4, 0.5) is 4.39 Å². The van der Waals surface area contributed by atoms with E-state index in [0.29, 0.717) is 0 Å². The van der Waals surface area contributed by atoms with Crippen molar-refractivity contribution in [1.82, 2.24) is 0 Å². The van der Waals surface area contributed by atoms with E-state index in [1.54, 1.807) is 0 Å². The quantitative estimate of drug-likeness (QED) is 0.386. The summed E-state index contributed by atoms with van der Waals surface area (Å²) >= 11 is -0.00746. The summed E-state index contributed by atoms with van der Waals surface area (Å²) < 4.78 is 46.3. The number of hydrogen-bond donors (Lipinski definition) is 0. The molecule has 0 aliphatic rings. The molecule has 3 nitrogen and oxygen atoms in total. The van der Waals surface area contributed by atoms with Gasteiger partial charge in [-0.3, -0.25) is 0 Å². The molecule has 0 unspecified atom stereocenters. The van der Waals surface area contributed by atoms with Crippen LogP contribution in [0.3, 0.4) is 0 Å². The van der Waals surface area contributed by atoms with E-state index in [1.165, 1.54) is 30.4 Å². The summed E-state index contributed by atoms with van der Waals surface area (Å²) in [5.74, 6) is -1.01. The van der Waals surface area contributed by atoms with Crippen LogP contribution in [0.15, 0.2) is 77.7 Å². The summed E-state index contributed by atoms with van der Waals surface area (Å²) in [6.45, 7) is 4.40. The Morgan fingerprint density at radius 2 is 1.21 bits per heavy atom. The van der Waals surface area contributed by atoms with Gasteiger partial charge >= 0.3 is 21.2 Å². The van der Waals surface area contributed by atoms with Crippen molar-refractivity contribution in [3.05, 3.63) is 96.9 Å². The van der Waals surface area contributed by atoms with Crippen LogP contribution < -0.4 is 21.2 Å². The third kappa shape index (κ3) is 7.00. The van der Waals surface area contributed by atoms with Gasteiger partial charge in [0.15, 0.2) is 7.14 Å². The molecule has 0 atom stereocenters. The average Bonchev–Trinajstić information content (AvgIpc) is 2.69. The number of aryl methyl sites for hydroxylation is 2. The van der Waals surface area contributed by atoms with Crippen molar-refractivity contribution in [2.45, 2.75) is 31.6 Å². The SMILES string of the molecule is CCc1ccc([I+]c2ccc(CC)cc2)cc1.O=S(=O)([O-])c1ccccc1F. The molecule has 0 N–H and O–H groups in total. The topological polar surface area (TPSA) is 57.2 Å². The zero-order valence-corrected chi connectivity index (χ0v) is 18.7. The molecule has 0 fully saturated rings. The predicted octanol–water partition coefficient (Wildman–Crippen LogP) is 1.67. The molecule has 6 heteroatoms. The van der Waals surface area contributed by atoms with Crippen molar-refractivity contribution < 1.29 is 38.6 Å². The van der Waals surface area contributed by atoms with Gasteiger partial charge in [-0.05, 0) is 60.4 Å². The second-order valence-corrected chi connectivity index (χ2v) is 10.3. The molecule has 0 aliphatic carbocycles. The summed E-state index contributed by atoms with van der Waals surface area (Å²) in [6.07, 6.45) is 2.26. The average molecular weight is 512 g/mol. The molecule has 0 amide bonds. The maximum absolute atomic E-state index is 12.5. The van der Waals surface area contributed by atoms with Crippen LogP contribution in [-0.4, -0.2) is 13.0 Å². The van der Waals surface area contributed by atoms with Gasteiger partial charge in [-0.2, -0.15) is 0 Å². The van der Waals surface area contributed by atoms with Gasteiger partial charge in [-0.1, -0.05) is 50.2 Å². The fourth-order valence-corrected chi connectivity index (χ4v) is 5.05. The standard InChI is InChI=1S/C16H18I.C6H5FO3S/c1-3-13-5-9-15(10-6-13)17-16-11-7-14(4-2)8-12-16;7-5-3-1-2-4-6(5)11(8,9)10/h5-12H,3-4H2,1-2H3;1-4H,(H,8,9,10)/q+1;/p-1. The Hall–Kier alpha value is -1.77. The molecular formula is C22H22FIO3S. The van der Waals surface area contributed by atoms with Crippen LogP contribution in [0, 0.1) is 13.0 Å². The summed E-state index contributed by atoms with van der Waals surface area (Å²) in [5.41, 5.74) is 2.86. The Labute approximate surface area is 176 Å². The zero-order chi connectivity index (χ0) is 20.6. The minimum atomic E-state index is -4.66. The van der Waals surface area contributed by atoms with Crippen molar-refractivity contribution in [3.8, 4) is 0 Å². The van der Waals surface area contributed by atoms with E-state index in [2.05, 4.69) is 62.4 Å². The fraction of sp³-hybridized carbons (Fsp3) is 0.182. The van der Waals surface area contributed by atoms with Crippen LogP contribution >= 0.6 is 0 Å².